The molecule has 4 heteroatoms. The Morgan fingerprint density at radius 3 is 2.50 bits per heavy atom. The van der Waals surface area contributed by atoms with E-state index in [1.807, 2.05) is 0 Å². The number of rotatable bonds is 1. The van der Waals surface area contributed by atoms with E-state index in [1.54, 1.807) is 0 Å². The zero-order valence-corrected chi connectivity index (χ0v) is 6.05. The van der Waals surface area contributed by atoms with E-state index in [4.69, 9.17) is 5.73 Å². The van der Waals surface area contributed by atoms with Crippen molar-refractivity contribution >= 4 is 12.0 Å². The van der Waals surface area contributed by atoms with Crippen molar-refractivity contribution in [2.75, 3.05) is 7.05 Å². The molecule has 10 heavy (non-hydrogen) atoms. The first-order chi connectivity index (χ1) is 4.57. The van der Waals surface area contributed by atoms with Gasteiger partial charge in [-0.05, 0) is 6.92 Å². The Morgan fingerprint density at radius 2 is 2.20 bits per heavy atom. The molecular formula is C6H10N2O2. The predicted octanol–water partition coefficient (Wildman–Crippen LogP) is 0.0502. The van der Waals surface area contributed by atoms with Crippen LogP contribution in [0.15, 0.2) is 17.1 Å². The first kappa shape index (κ1) is 8.68. The second kappa shape index (κ2) is 3.66. The van der Waals surface area contributed by atoms with Gasteiger partial charge in [0.2, 0.25) is 0 Å². The first-order valence-corrected chi connectivity index (χ1v) is 2.68. The lowest BCUT2D eigenvalue weighted by molar-refractivity contribution is -0.131. The zero-order valence-electron chi connectivity index (χ0n) is 6.05. The quantitative estimate of drug-likeness (QED) is 0.243. The summed E-state index contributed by atoms with van der Waals surface area (Å²) in [4.78, 5) is 14.1. The highest BCUT2D eigenvalue weighted by atomic mass is 16.6. The summed E-state index contributed by atoms with van der Waals surface area (Å²) in [5.41, 5.74) is 5.38. The average Bonchev–Trinajstić information content (AvgIpc) is 1.87. The minimum atomic E-state index is -0.553. The van der Waals surface area contributed by atoms with Crippen molar-refractivity contribution in [2.45, 2.75) is 6.92 Å². The second-order valence-electron chi connectivity index (χ2n) is 1.73. The van der Waals surface area contributed by atoms with Crippen LogP contribution in [0.3, 0.4) is 0 Å². The van der Waals surface area contributed by atoms with Crippen LogP contribution in [0.4, 0.5) is 0 Å². The summed E-state index contributed by atoms with van der Waals surface area (Å²) in [6.45, 7) is 4.89. The van der Waals surface area contributed by atoms with Crippen LogP contribution in [0.2, 0.25) is 0 Å². The third kappa shape index (κ3) is 2.86. The van der Waals surface area contributed by atoms with Crippen molar-refractivity contribution in [2.24, 2.45) is 10.7 Å². The van der Waals surface area contributed by atoms with Crippen LogP contribution >= 0.6 is 0 Å². The van der Waals surface area contributed by atoms with Crippen LogP contribution in [0.25, 0.3) is 0 Å². The Kier molecular flexibility index (Phi) is 3.17. The molecule has 0 amide bonds. The van der Waals surface area contributed by atoms with Gasteiger partial charge in [-0.15, -0.1) is 0 Å². The topological polar surface area (TPSA) is 64.7 Å². The number of nitrogens with two attached hydrogens (primary N) is 1. The Labute approximate surface area is 59.4 Å². The lowest BCUT2D eigenvalue weighted by Crippen LogP contribution is -2.20. The fourth-order valence-corrected chi connectivity index (χ4v) is 0.228. The van der Waals surface area contributed by atoms with Crippen molar-refractivity contribution in [3.63, 3.8) is 0 Å². The van der Waals surface area contributed by atoms with Gasteiger partial charge in [-0.25, -0.2) is 9.79 Å². The molecule has 0 radical (unpaired) electrons. The molecule has 0 aliphatic carbocycles. The molecule has 0 fully saturated rings. The summed E-state index contributed by atoms with van der Waals surface area (Å²) in [5.74, 6) is -0.553. The number of esters is 1. The fourth-order valence-electron chi connectivity index (χ4n) is 0.228. The van der Waals surface area contributed by atoms with E-state index in [9.17, 15) is 4.79 Å². The van der Waals surface area contributed by atoms with Crippen LogP contribution in [-0.2, 0) is 9.53 Å². The number of carbonyl (C=O) groups excluding carboxylic acids is 1. The highest BCUT2D eigenvalue weighted by Crippen LogP contribution is 1.90. The van der Waals surface area contributed by atoms with Crippen LogP contribution in [0, 0.1) is 0 Å². The number of hydrogen-bond acceptors (Lipinski definition) is 3. The molecule has 0 saturated carbocycles. The molecule has 0 saturated heterocycles. The summed E-state index contributed by atoms with van der Waals surface area (Å²) in [6, 6.07) is -0.145. The molecule has 0 spiro atoms. The molecule has 2 N–H and O–H groups in total. The van der Waals surface area contributed by atoms with Gasteiger partial charge in [-0.2, -0.15) is 0 Å². The molecule has 0 aromatic rings. The minimum Gasteiger partial charge on any atom is -0.390 e. The highest BCUT2D eigenvalue weighted by molar-refractivity contribution is 5.95. The Balaban J connectivity index is 3.93. The number of amidine groups is 1. The lowest BCUT2D eigenvalue weighted by atomic mass is 10.4. The largest absolute Gasteiger partial charge is 0.390 e. The van der Waals surface area contributed by atoms with E-state index in [0.717, 1.165) is 0 Å². The highest BCUT2D eigenvalue weighted by Gasteiger charge is 2.03. The standard InChI is InChI=1S/C6H10N2O2/c1-4(2)5(9)10-6(7)8-3/h1H2,2-3H3,(H2,7,8). The summed E-state index contributed by atoms with van der Waals surface area (Å²) < 4.78 is 4.45. The predicted molar refractivity (Wildman–Crippen MR) is 38.5 cm³/mol. The first-order valence-electron chi connectivity index (χ1n) is 2.68. The van der Waals surface area contributed by atoms with Gasteiger partial charge >= 0.3 is 5.97 Å². The molecule has 0 unspecified atom stereocenters. The SMILES string of the molecule is C=C(C)C(=O)OC(N)=NC. The fraction of sp³-hybridized carbons (Fsp3) is 0.333. The monoisotopic (exact) mass is 142 g/mol. The lowest BCUT2D eigenvalue weighted by Gasteiger charge is -1.99. The molecule has 0 bridgehead atoms. The number of ether oxygens (including phenoxy) is 1. The summed E-state index contributed by atoms with van der Waals surface area (Å²) in [6.07, 6.45) is 0. The van der Waals surface area contributed by atoms with E-state index in [1.165, 1.54) is 14.0 Å². The summed E-state index contributed by atoms with van der Waals surface area (Å²) in [7, 11) is 1.43. The maximum atomic E-state index is 10.6. The van der Waals surface area contributed by atoms with Gasteiger partial charge in [-0.1, -0.05) is 6.58 Å². The van der Waals surface area contributed by atoms with Crippen molar-refractivity contribution in [3.05, 3.63) is 12.2 Å². The smallest absolute Gasteiger partial charge is 0.340 e. The van der Waals surface area contributed by atoms with Crippen molar-refractivity contribution in [3.8, 4) is 0 Å². The molecular weight excluding hydrogens is 132 g/mol. The Bertz CT molecular complexity index is 184. The third-order valence-electron chi connectivity index (χ3n) is 0.766. The Hall–Kier alpha value is -1.32. The molecule has 0 aromatic heterocycles. The molecule has 0 rings (SSSR count). The summed E-state index contributed by atoms with van der Waals surface area (Å²) in [5, 5.41) is 0. The molecule has 0 aromatic carbocycles. The molecule has 0 aliphatic heterocycles. The number of hydrogen-bond donors (Lipinski definition) is 1. The van der Waals surface area contributed by atoms with Crippen molar-refractivity contribution in [1.29, 1.82) is 0 Å². The van der Waals surface area contributed by atoms with E-state index in [2.05, 4.69) is 16.3 Å². The van der Waals surface area contributed by atoms with Crippen molar-refractivity contribution in [1.82, 2.24) is 0 Å². The average molecular weight is 142 g/mol. The van der Waals surface area contributed by atoms with Crippen LogP contribution in [0.1, 0.15) is 6.92 Å². The van der Waals surface area contributed by atoms with Gasteiger partial charge in [0.05, 0.1) is 0 Å². The van der Waals surface area contributed by atoms with Gasteiger partial charge in [0, 0.05) is 12.6 Å². The van der Waals surface area contributed by atoms with Crippen molar-refractivity contribution < 1.29 is 9.53 Å². The van der Waals surface area contributed by atoms with Crippen LogP contribution in [-0.4, -0.2) is 19.0 Å². The van der Waals surface area contributed by atoms with E-state index in [-0.39, 0.29) is 6.02 Å². The number of carbonyl (C=O) groups is 1. The van der Waals surface area contributed by atoms with Gasteiger partial charge < -0.3 is 10.5 Å². The van der Waals surface area contributed by atoms with Gasteiger partial charge in [0.25, 0.3) is 6.02 Å². The maximum absolute atomic E-state index is 10.6. The molecule has 56 valence electrons. The second-order valence-corrected chi connectivity index (χ2v) is 1.73. The van der Waals surface area contributed by atoms with E-state index in [0.29, 0.717) is 5.57 Å². The van der Waals surface area contributed by atoms with Crippen LogP contribution in [0.5, 0.6) is 0 Å². The summed E-state index contributed by atoms with van der Waals surface area (Å²) >= 11 is 0. The Morgan fingerprint density at radius 1 is 1.70 bits per heavy atom. The van der Waals surface area contributed by atoms with E-state index < -0.39 is 5.97 Å². The van der Waals surface area contributed by atoms with E-state index >= 15 is 0 Å². The normalized spacial score (nSPS) is 10.8. The maximum Gasteiger partial charge on any atom is 0.340 e. The molecule has 4 nitrogen and oxygen atoms in total. The minimum absolute atomic E-state index is 0.145. The molecule has 0 atom stereocenters. The molecule has 0 heterocycles. The van der Waals surface area contributed by atoms with Gasteiger partial charge in [0.15, 0.2) is 0 Å². The van der Waals surface area contributed by atoms with Gasteiger partial charge in [-0.3, -0.25) is 0 Å². The molecule has 0 aliphatic rings. The number of nitrogens with zero attached hydrogens (tertiary/aromatic N) is 1. The van der Waals surface area contributed by atoms with Gasteiger partial charge in [0.1, 0.15) is 0 Å². The number of aliphatic imine (C=N–C) groups is 1. The third-order valence-corrected chi connectivity index (χ3v) is 0.766. The van der Waals surface area contributed by atoms with Crippen LogP contribution < -0.4 is 5.73 Å². The zero-order chi connectivity index (χ0) is 8.15.